The molecule has 0 aliphatic heterocycles. The number of halogens is 1. The molecule has 0 unspecified atom stereocenters. The van der Waals surface area contributed by atoms with Crippen LogP contribution in [0.4, 0.5) is 10.1 Å². The van der Waals surface area contributed by atoms with E-state index in [2.05, 4.69) is 0 Å². The van der Waals surface area contributed by atoms with Crippen molar-refractivity contribution in [1.82, 2.24) is 4.31 Å². The van der Waals surface area contributed by atoms with Crippen molar-refractivity contribution >= 4 is 15.7 Å². The van der Waals surface area contributed by atoms with Gasteiger partial charge in [0.1, 0.15) is 12.4 Å². The molecule has 0 N–H and O–H groups in total. The summed E-state index contributed by atoms with van der Waals surface area (Å²) in [4.78, 5) is 9.31. The second-order valence-corrected chi connectivity index (χ2v) is 5.77. The third kappa shape index (κ3) is 2.86. The lowest BCUT2D eigenvalue weighted by molar-refractivity contribution is -0.385. The Kier molecular flexibility index (Phi) is 4.18. The Balaban J connectivity index is 3.46. The van der Waals surface area contributed by atoms with Crippen LogP contribution in [0.5, 0.6) is 0 Å². The van der Waals surface area contributed by atoms with Crippen LogP contribution in [0, 0.1) is 34.2 Å². The number of rotatable bonds is 4. The molecule has 19 heavy (non-hydrogen) atoms. The van der Waals surface area contributed by atoms with Gasteiger partial charge in [0, 0.05) is 13.1 Å². The van der Waals surface area contributed by atoms with E-state index in [1.165, 1.54) is 6.92 Å². The molecule has 102 valence electrons. The third-order valence-electron chi connectivity index (χ3n) is 2.49. The van der Waals surface area contributed by atoms with Crippen LogP contribution in [0.2, 0.25) is 0 Å². The van der Waals surface area contributed by atoms with Gasteiger partial charge in [-0.1, -0.05) is 0 Å². The molecule has 7 nitrogen and oxygen atoms in total. The molecule has 0 fully saturated rings. The Hall–Kier alpha value is -2.05. The van der Waals surface area contributed by atoms with Crippen LogP contribution in [0.1, 0.15) is 5.56 Å². The maximum absolute atomic E-state index is 13.5. The molecular weight excluding hydrogens is 277 g/mol. The van der Waals surface area contributed by atoms with Crippen molar-refractivity contribution in [1.29, 1.82) is 5.26 Å². The number of nitriles is 1. The fourth-order valence-corrected chi connectivity index (χ4v) is 2.44. The van der Waals surface area contributed by atoms with Crippen LogP contribution in [0.3, 0.4) is 0 Å². The number of hydrogen-bond donors (Lipinski definition) is 0. The van der Waals surface area contributed by atoms with Gasteiger partial charge in [-0.05, 0) is 13.0 Å². The van der Waals surface area contributed by atoms with E-state index in [9.17, 15) is 22.9 Å². The average molecular weight is 287 g/mol. The molecule has 0 atom stereocenters. The highest BCUT2D eigenvalue weighted by atomic mass is 32.2. The van der Waals surface area contributed by atoms with Crippen LogP contribution < -0.4 is 0 Å². The van der Waals surface area contributed by atoms with Crippen molar-refractivity contribution in [3.63, 3.8) is 0 Å². The monoisotopic (exact) mass is 287 g/mol. The van der Waals surface area contributed by atoms with E-state index >= 15 is 0 Å². The maximum Gasteiger partial charge on any atom is 0.276 e. The minimum atomic E-state index is -4.13. The van der Waals surface area contributed by atoms with Crippen molar-refractivity contribution in [2.45, 2.75) is 11.8 Å². The standard InChI is InChI=1S/C10H10FN3O4S/c1-7-9(11)5-8(6-10(7)14(15)16)19(17,18)13(2)4-3-12/h5-6H,4H2,1-2H3. The summed E-state index contributed by atoms with van der Waals surface area (Å²) in [5, 5.41) is 19.2. The van der Waals surface area contributed by atoms with E-state index in [4.69, 9.17) is 5.26 Å². The number of benzene rings is 1. The first-order valence-electron chi connectivity index (χ1n) is 4.99. The summed E-state index contributed by atoms with van der Waals surface area (Å²) in [6, 6.07) is 3.11. The highest BCUT2D eigenvalue weighted by Gasteiger charge is 2.26. The summed E-state index contributed by atoms with van der Waals surface area (Å²) in [7, 11) is -3.00. The van der Waals surface area contributed by atoms with Gasteiger partial charge in [-0.25, -0.2) is 12.8 Å². The Morgan fingerprint density at radius 1 is 1.53 bits per heavy atom. The van der Waals surface area contributed by atoms with Crippen molar-refractivity contribution in [2.75, 3.05) is 13.6 Å². The third-order valence-corrected chi connectivity index (χ3v) is 4.27. The first-order valence-corrected chi connectivity index (χ1v) is 6.43. The highest BCUT2D eigenvalue weighted by Crippen LogP contribution is 2.26. The van der Waals surface area contributed by atoms with Crippen LogP contribution in [0.25, 0.3) is 0 Å². The number of nitro benzene ring substituents is 1. The lowest BCUT2D eigenvalue weighted by Crippen LogP contribution is -2.27. The van der Waals surface area contributed by atoms with E-state index in [1.54, 1.807) is 6.07 Å². The fraction of sp³-hybridized carbons (Fsp3) is 0.300. The van der Waals surface area contributed by atoms with Crippen molar-refractivity contribution in [3.8, 4) is 6.07 Å². The van der Waals surface area contributed by atoms with Gasteiger partial charge in [-0.2, -0.15) is 9.57 Å². The number of sulfonamides is 1. The van der Waals surface area contributed by atoms with Crippen LogP contribution >= 0.6 is 0 Å². The smallest absolute Gasteiger partial charge is 0.258 e. The number of hydrogen-bond acceptors (Lipinski definition) is 5. The van der Waals surface area contributed by atoms with E-state index < -0.39 is 37.9 Å². The zero-order valence-electron chi connectivity index (χ0n) is 10.1. The molecule has 1 aromatic carbocycles. The van der Waals surface area contributed by atoms with Gasteiger partial charge in [0.15, 0.2) is 0 Å². The second-order valence-electron chi connectivity index (χ2n) is 3.73. The molecule has 1 aromatic rings. The molecule has 0 radical (unpaired) electrons. The Bertz CT molecular complexity index is 666. The normalized spacial score (nSPS) is 11.3. The minimum absolute atomic E-state index is 0.244. The van der Waals surface area contributed by atoms with Crippen molar-refractivity contribution < 1.29 is 17.7 Å². The molecule has 0 spiro atoms. The summed E-state index contributed by atoms with van der Waals surface area (Å²) in [6.07, 6.45) is 0. The Morgan fingerprint density at radius 3 is 2.58 bits per heavy atom. The summed E-state index contributed by atoms with van der Waals surface area (Å²) in [5.74, 6) is -0.988. The van der Waals surface area contributed by atoms with Gasteiger partial charge in [-0.3, -0.25) is 10.1 Å². The van der Waals surface area contributed by atoms with Gasteiger partial charge in [0.25, 0.3) is 5.69 Å². The maximum atomic E-state index is 13.5. The van der Waals surface area contributed by atoms with Crippen molar-refractivity contribution in [3.05, 3.63) is 33.6 Å². The summed E-state index contributed by atoms with van der Waals surface area (Å²) in [5.41, 5.74) is -0.865. The lowest BCUT2D eigenvalue weighted by Gasteiger charge is -2.14. The predicted molar refractivity (Wildman–Crippen MR) is 63.2 cm³/mol. The van der Waals surface area contributed by atoms with Gasteiger partial charge in [-0.15, -0.1) is 0 Å². The molecule has 0 saturated heterocycles. The van der Waals surface area contributed by atoms with E-state index in [-0.39, 0.29) is 5.56 Å². The molecule has 0 aliphatic carbocycles. The van der Waals surface area contributed by atoms with Crippen LogP contribution in [-0.4, -0.2) is 31.2 Å². The molecule has 0 aromatic heterocycles. The quantitative estimate of drug-likeness (QED) is 0.470. The zero-order chi connectivity index (χ0) is 14.8. The summed E-state index contributed by atoms with van der Waals surface area (Å²) in [6.45, 7) is 0.745. The van der Waals surface area contributed by atoms with Gasteiger partial charge in [0.05, 0.1) is 21.5 Å². The van der Waals surface area contributed by atoms with Gasteiger partial charge in [0.2, 0.25) is 10.0 Å². The number of nitrogens with zero attached hydrogens (tertiary/aromatic N) is 3. The second kappa shape index (κ2) is 5.29. The topological polar surface area (TPSA) is 104 Å². The van der Waals surface area contributed by atoms with Crippen LogP contribution in [-0.2, 0) is 10.0 Å². The molecule has 0 bridgehead atoms. The van der Waals surface area contributed by atoms with E-state index in [1.807, 2.05) is 0 Å². The first kappa shape index (κ1) is 15.0. The van der Waals surface area contributed by atoms with Crippen LogP contribution in [0.15, 0.2) is 17.0 Å². The van der Waals surface area contributed by atoms with Gasteiger partial charge >= 0.3 is 0 Å². The molecule has 0 saturated carbocycles. The molecule has 1 rings (SSSR count). The fourth-order valence-electron chi connectivity index (χ4n) is 1.34. The molecule has 0 heterocycles. The van der Waals surface area contributed by atoms with Crippen molar-refractivity contribution in [2.24, 2.45) is 0 Å². The predicted octanol–water partition coefficient (Wildman–Crippen LogP) is 1.19. The first-order chi connectivity index (χ1) is 8.71. The summed E-state index contributed by atoms with van der Waals surface area (Å²) < 4.78 is 38.1. The minimum Gasteiger partial charge on any atom is -0.258 e. The molecule has 0 aliphatic rings. The Morgan fingerprint density at radius 2 is 2.11 bits per heavy atom. The zero-order valence-corrected chi connectivity index (χ0v) is 10.9. The Labute approximate surface area is 109 Å². The van der Waals surface area contributed by atoms with E-state index in [0.29, 0.717) is 10.4 Å². The highest BCUT2D eigenvalue weighted by molar-refractivity contribution is 7.89. The molecule has 9 heteroatoms. The number of nitro groups is 1. The lowest BCUT2D eigenvalue weighted by atomic mass is 10.2. The molecule has 0 amide bonds. The average Bonchev–Trinajstić information content (AvgIpc) is 2.32. The summed E-state index contributed by atoms with van der Waals surface area (Å²) >= 11 is 0. The van der Waals surface area contributed by atoms with Gasteiger partial charge < -0.3 is 0 Å². The largest absolute Gasteiger partial charge is 0.276 e. The SMILES string of the molecule is Cc1c(F)cc(S(=O)(=O)N(C)CC#N)cc1[N+](=O)[O-]. The molecular formula is C10H10FN3O4S. The van der Waals surface area contributed by atoms with E-state index in [0.717, 1.165) is 13.1 Å².